The van der Waals surface area contributed by atoms with Crippen molar-refractivity contribution in [2.75, 3.05) is 5.75 Å². The van der Waals surface area contributed by atoms with Crippen molar-refractivity contribution in [2.45, 2.75) is 50.2 Å². The number of esters is 1. The van der Waals surface area contributed by atoms with Crippen LogP contribution in [0, 0.1) is 16.7 Å². The number of aliphatic imine (C=N–C) groups is 1. The van der Waals surface area contributed by atoms with Crippen LogP contribution in [0.3, 0.4) is 0 Å². The van der Waals surface area contributed by atoms with E-state index in [0.29, 0.717) is 10.8 Å². The second-order valence-corrected chi connectivity index (χ2v) is 11.6. The fourth-order valence-electron chi connectivity index (χ4n) is 5.87. The first-order valence-corrected chi connectivity index (χ1v) is 12.5. The molecule has 0 unspecified atom stereocenters. The van der Waals surface area contributed by atoms with Crippen molar-refractivity contribution in [1.82, 2.24) is 0 Å². The van der Waals surface area contributed by atoms with E-state index in [-0.39, 0.29) is 17.1 Å². The molecule has 0 amide bonds. The van der Waals surface area contributed by atoms with Gasteiger partial charge in [-0.3, -0.25) is 4.99 Å². The van der Waals surface area contributed by atoms with Crippen molar-refractivity contribution < 1.29 is 17.9 Å². The molecule has 0 saturated heterocycles. The van der Waals surface area contributed by atoms with Crippen LogP contribution in [0.4, 0.5) is 0 Å². The first kappa shape index (κ1) is 20.4. The summed E-state index contributed by atoms with van der Waals surface area (Å²) in [4.78, 5) is 17.6. The smallest absolute Gasteiger partial charge is 0.337 e. The highest BCUT2D eigenvalue weighted by Crippen LogP contribution is 2.67. The van der Waals surface area contributed by atoms with Gasteiger partial charge in [0.1, 0.15) is 6.10 Å². The summed E-state index contributed by atoms with van der Waals surface area (Å²) in [5.74, 6) is -0.00335. The fraction of sp³-hybridized carbons (Fsp3) is 0.440. The average Bonchev–Trinajstić information content (AvgIpc) is 3.49. The van der Waals surface area contributed by atoms with E-state index in [4.69, 9.17) is 4.74 Å². The van der Waals surface area contributed by atoms with Crippen LogP contribution in [0.2, 0.25) is 0 Å². The fourth-order valence-corrected chi connectivity index (χ4v) is 7.99. The number of hydrogen-bond acceptors (Lipinski definition) is 5. The third-order valence-corrected chi connectivity index (χ3v) is 9.80. The monoisotopic (exact) mass is 437 g/mol. The van der Waals surface area contributed by atoms with Gasteiger partial charge in [0.05, 0.1) is 16.4 Å². The molecule has 0 N–H and O–H groups in total. The average molecular weight is 438 g/mol. The van der Waals surface area contributed by atoms with E-state index in [1.165, 1.54) is 0 Å². The highest BCUT2D eigenvalue weighted by Gasteiger charge is 2.67. The van der Waals surface area contributed by atoms with E-state index in [1.807, 2.05) is 36.4 Å². The molecule has 2 aromatic rings. The van der Waals surface area contributed by atoms with Crippen molar-refractivity contribution >= 4 is 21.5 Å². The summed E-state index contributed by atoms with van der Waals surface area (Å²) < 4.78 is 32.6. The Kier molecular flexibility index (Phi) is 4.63. The molecule has 5 nitrogen and oxygen atoms in total. The number of hydrogen-bond donors (Lipinski definition) is 0. The Balaban J connectivity index is 1.37. The first-order valence-electron chi connectivity index (χ1n) is 10.9. The minimum Gasteiger partial charge on any atom is -0.460 e. The van der Waals surface area contributed by atoms with E-state index in [2.05, 4.69) is 18.8 Å². The maximum absolute atomic E-state index is 13.3. The Labute approximate surface area is 183 Å². The molecular weight excluding hydrogens is 410 g/mol. The molecule has 1 heterocycles. The summed E-state index contributed by atoms with van der Waals surface area (Å²) in [5.41, 5.74) is 0.883. The van der Waals surface area contributed by atoms with Crippen LogP contribution in [0.1, 0.15) is 38.7 Å². The lowest BCUT2D eigenvalue weighted by molar-refractivity contribution is -0.155. The third-order valence-electron chi connectivity index (χ3n) is 7.92. The minimum absolute atomic E-state index is 0.00251. The van der Waals surface area contributed by atoms with E-state index in [9.17, 15) is 13.2 Å². The van der Waals surface area contributed by atoms with Crippen LogP contribution < -0.4 is 0 Å². The second-order valence-electron chi connectivity index (χ2n) is 9.63. The molecule has 2 fully saturated rings. The van der Waals surface area contributed by atoms with Crippen molar-refractivity contribution in [1.29, 1.82) is 0 Å². The quantitative estimate of drug-likeness (QED) is 0.639. The van der Waals surface area contributed by atoms with Crippen LogP contribution in [0.5, 0.6) is 0 Å². The molecule has 2 saturated carbocycles. The molecule has 5 rings (SSSR count). The van der Waals surface area contributed by atoms with Crippen LogP contribution in [0.15, 0.2) is 70.6 Å². The molecule has 6 heteroatoms. The summed E-state index contributed by atoms with van der Waals surface area (Å²) in [6.45, 7) is 4.28. The summed E-state index contributed by atoms with van der Waals surface area (Å²) in [6.07, 6.45) is 2.04. The highest BCUT2D eigenvalue weighted by atomic mass is 32.2. The van der Waals surface area contributed by atoms with Gasteiger partial charge in [-0.15, -0.1) is 0 Å². The van der Waals surface area contributed by atoms with Crippen molar-refractivity contribution in [2.24, 2.45) is 21.7 Å². The number of fused-ring (bicyclic) bond motifs is 2. The predicted octanol–water partition coefficient (Wildman–Crippen LogP) is 4.07. The van der Waals surface area contributed by atoms with Gasteiger partial charge in [-0.25, -0.2) is 13.2 Å². The highest BCUT2D eigenvalue weighted by molar-refractivity contribution is 7.91. The van der Waals surface area contributed by atoms with Crippen LogP contribution >= 0.6 is 0 Å². The molecule has 1 aliphatic heterocycles. The molecule has 162 valence electrons. The van der Waals surface area contributed by atoms with Crippen molar-refractivity contribution in [3.8, 4) is 0 Å². The molecule has 31 heavy (non-hydrogen) atoms. The number of carbonyl (C=O) groups is 1. The van der Waals surface area contributed by atoms with Gasteiger partial charge in [0, 0.05) is 5.41 Å². The zero-order chi connectivity index (χ0) is 21.9. The lowest BCUT2D eigenvalue weighted by atomic mass is 9.69. The number of nitrogens with zero attached hydrogens (tertiary/aromatic N) is 1. The Morgan fingerprint density at radius 3 is 2.35 bits per heavy atom. The van der Waals surface area contributed by atoms with Gasteiger partial charge in [-0.1, -0.05) is 62.4 Å². The molecule has 4 atom stereocenters. The van der Waals surface area contributed by atoms with E-state index in [0.717, 1.165) is 30.5 Å². The molecule has 3 aliphatic rings. The summed E-state index contributed by atoms with van der Waals surface area (Å²) in [5, 5.41) is 0. The van der Waals surface area contributed by atoms with Gasteiger partial charge in [0.25, 0.3) is 0 Å². The lowest BCUT2D eigenvalue weighted by Crippen LogP contribution is -2.46. The second kappa shape index (κ2) is 7.02. The van der Waals surface area contributed by atoms with E-state index < -0.39 is 27.4 Å². The molecule has 2 aliphatic carbocycles. The number of rotatable bonds is 6. The van der Waals surface area contributed by atoms with E-state index >= 15 is 0 Å². The maximum Gasteiger partial charge on any atom is 0.337 e. The SMILES string of the molecule is CC1(C)[C@@H]2CC[C@@]1(CS(=O)(=O)c1ccccc1)[C@H](OC(=O)[C@H]1N=C1c1ccccc1)C2. The first-order chi connectivity index (χ1) is 14.7. The number of sulfone groups is 1. The molecule has 2 bridgehead atoms. The van der Waals surface area contributed by atoms with Gasteiger partial charge in [0.15, 0.2) is 15.9 Å². The lowest BCUT2D eigenvalue weighted by Gasteiger charge is -2.41. The molecule has 2 aromatic carbocycles. The largest absolute Gasteiger partial charge is 0.460 e. The van der Waals surface area contributed by atoms with Crippen molar-refractivity contribution in [3.63, 3.8) is 0 Å². The minimum atomic E-state index is -3.51. The van der Waals surface area contributed by atoms with Crippen LogP contribution in [-0.4, -0.2) is 38.0 Å². The molecule has 0 spiro atoms. The Hall–Kier alpha value is -2.47. The zero-order valence-corrected chi connectivity index (χ0v) is 18.6. The van der Waals surface area contributed by atoms with Gasteiger partial charge in [-0.2, -0.15) is 0 Å². The summed E-state index contributed by atoms with van der Waals surface area (Å²) >= 11 is 0. The van der Waals surface area contributed by atoms with Crippen LogP contribution in [-0.2, 0) is 19.4 Å². The number of ether oxygens (including phenoxy) is 1. The van der Waals surface area contributed by atoms with Gasteiger partial charge in [0.2, 0.25) is 0 Å². The van der Waals surface area contributed by atoms with Crippen LogP contribution in [0.25, 0.3) is 0 Å². The Morgan fingerprint density at radius 1 is 1.06 bits per heavy atom. The van der Waals surface area contributed by atoms with Crippen molar-refractivity contribution in [3.05, 3.63) is 66.2 Å². The molecule has 0 radical (unpaired) electrons. The third kappa shape index (κ3) is 3.23. The summed E-state index contributed by atoms with van der Waals surface area (Å²) in [7, 11) is -3.51. The maximum atomic E-state index is 13.3. The van der Waals surface area contributed by atoms with Gasteiger partial charge < -0.3 is 4.74 Å². The topological polar surface area (TPSA) is 72.8 Å². The van der Waals surface area contributed by atoms with Gasteiger partial charge >= 0.3 is 5.97 Å². The predicted molar refractivity (Wildman–Crippen MR) is 119 cm³/mol. The summed E-state index contributed by atoms with van der Waals surface area (Å²) in [6, 6.07) is 17.6. The van der Waals surface area contributed by atoms with E-state index in [1.54, 1.807) is 24.3 Å². The van der Waals surface area contributed by atoms with Gasteiger partial charge in [-0.05, 0) is 48.3 Å². The number of carbonyl (C=O) groups excluding carboxylic acids is 1. The Bertz CT molecular complexity index is 1140. The zero-order valence-electron chi connectivity index (χ0n) is 17.8. The standard InChI is InChI=1S/C25H27NO4S/c1-24(2)18-13-14-25(24,16-31(28,29)19-11-7-4-8-12-19)20(15-18)30-23(27)22-21(26-22)17-9-5-3-6-10-17/h3-12,18,20,22H,13-16H2,1-2H3/t18-,20-,22+,25-/m1/s1. The molecular formula is C25H27NO4S. The number of benzene rings is 2. The normalized spacial score (nSPS) is 30.6. The Morgan fingerprint density at radius 2 is 1.71 bits per heavy atom. The molecule has 0 aromatic heterocycles.